The first-order valence-corrected chi connectivity index (χ1v) is 40.8. The highest BCUT2D eigenvalue weighted by Gasteiger charge is 2.37. The van der Waals surface area contributed by atoms with Crippen LogP contribution in [-0.4, -0.2) is 108 Å². The highest BCUT2D eigenvalue weighted by Crippen LogP contribution is 2.49. The minimum Gasteiger partial charge on any atom is -0.332 e. The fraction of sp³-hybridized carbons (Fsp3) is 0.519. The number of nitrogens with one attached hydrogen (secondary N) is 3. The first kappa shape index (κ1) is 83.1. The number of fused-ring (bicyclic) bond motifs is 3. The molecule has 0 spiro atoms. The summed E-state index contributed by atoms with van der Waals surface area (Å²) in [6.07, 6.45) is 21.2. The molecule has 3 N–H and O–H groups in total. The Kier molecular flexibility index (Phi) is 25.6. The Balaban J connectivity index is 0.000000146. The van der Waals surface area contributed by atoms with Crippen LogP contribution in [0.15, 0.2) is 144 Å². The van der Waals surface area contributed by atoms with E-state index in [9.17, 15) is 66.3 Å². The fourth-order valence-electron chi connectivity index (χ4n) is 15.3. The second kappa shape index (κ2) is 36.6. The Morgan fingerprint density at radius 1 is 0.412 bits per heavy atom. The lowest BCUT2D eigenvalue weighted by Gasteiger charge is -2.27. The van der Waals surface area contributed by atoms with Crippen LogP contribution in [0, 0.1) is 11.3 Å². The van der Waals surface area contributed by atoms with Crippen molar-refractivity contribution in [2.24, 2.45) is 11.3 Å². The summed E-state index contributed by atoms with van der Waals surface area (Å²) in [5.41, 5.74) is -6.35. The van der Waals surface area contributed by atoms with E-state index in [0.717, 1.165) is 99.9 Å². The summed E-state index contributed by atoms with van der Waals surface area (Å²) in [6, 6.07) is 15.4. The van der Waals surface area contributed by atoms with E-state index in [1.165, 1.54) is 31.1 Å². The van der Waals surface area contributed by atoms with Crippen molar-refractivity contribution in [2.75, 3.05) is 0 Å². The highest BCUT2D eigenvalue weighted by atomic mass is 19.3. The molecule has 0 saturated heterocycles. The third-order valence-corrected chi connectivity index (χ3v) is 23.1. The zero-order valence-corrected chi connectivity index (χ0v) is 65.3. The molecule has 0 amide bonds. The van der Waals surface area contributed by atoms with Crippen LogP contribution in [-0.2, 0) is 58.5 Å². The number of H-pyrrole nitrogens is 3. The van der Waals surface area contributed by atoms with E-state index in [4.69, 9.17) is 13.6 Å². The van der Waals surface area contributed by atoms with Crippen LogP contribution >= 0.6 is 0 Å². The van der Waals surface area contributed by atoms with E-state index in [-0.39, 0.29) is 97.1 Å². The highest BCUT2D eigenvalue weighted by molar-refractivity contribution is 5.74. The number of unbranched alkanes of at least 4 members (excludes halogenated alkanes) is 3. The van der Waals surface area contributed by atoms with Gasteiger partial charge < -0.3 is 28.5 Å². The minimum atomic E-state index is -2.58. The van der Waals surface area contributed by atoms with Gasteiger partial charge in [-0.1, -0.05) is 60.9 Å². The topological polar surface area (TPSA) is 452 Å². The van der Waals surface area contributed by atoms with Crippen molar-refractivity contribution in [3.8, 4) is 34.8 Å². The maximum atomic E-state index is 13.6. The summed E-state index contributed by atoms with van der Waals surface area (Å²) >= 11 is 0. The zero-order chi connectivity index (χ0) is 82.3. The molecular formula is C81H95F2N21O15. The van der Waals surface area contributed by atoms with E-state index >= 15 is 0 Å². The summed E-state index contributed by atoms with van der Waals surface area (Å²) in [6.45, 7) is 2.96. The van der Waals surface area contributed by atoms with Crippen LogP contribution in [0.4, 0.5) is 8.78 Å². The number of hydrogen-bond acceptors (Lipinski definition) is 24. The Hall–Kier alpha value is -12.4. The molecule has 119 heavy (non-hydrogen) atoms. The zero-order valence-electron chi connectivity index (χ0n) is 65.3. The third kappa shape index (κ3) is 18.3. The molecule has 5 saturated carbocycles. The lowest BCUT2D eigenvalue weighted by Crippen LogP contribution is -2.47. The first-order chi connectivity index (χ1) is 57.2. The number of aryl methyl sites for hydroxylation is 6. The third-order valence-electron chi connectivity index (χ3n) is 23.1. The van der Waals surface area contributed by atoms with E-state index in [2.05, 4.69) is 67.2 Å². The van der Waals surface area contributed by atoms with Gasteiger partial charge in [0.1, 0.15) is 50.2 Å². The first-order valence-electron chi connectivity index (χ1n) is 40.8. The van der Waals surface area contributed by atoms with Crippen molar-refractivity contribution in [1.82, 2.24) is 101 Å². The van der Waals surface area contributed by atoms with Crippen LogP contribution in [0.1, 0.15) is 210 Å². The predicted molar refractivity (Wildman–Crippen MR) is 433 cm³/mol. The number of aromatic nitrogens is 21. The van der Waals surface area contributed by atoms with E-state index in [0.29, 0.717) is 148 Å². The summed E-state index contributed by atoms with van der Waals surface area (Å²) < 4.78 is 51.9. The maximum Gasteiger partial charge on any atom is 0.331 e. The predicted octanol–water partition coefficient (Wildman–Crippen LogP) is 8.07. The van der Waals surface area contributed by atoms with Gasteiger partial charge >= 0.3 is 34.1 Å². The standard InChI is InChI=1S/C28H33N7O5.C27H31N7O5.C25H27F2N7O5.CH4/c1-28(13-14-28)12-7-17-33-22-21(31-26(38)35(25(22)37)18-8-6-9-18)24(36)34(27(33)39)16-5-3-11-20-30-23(40-32-20)19-10-2-4-15-29-19;35-24-21-22(25(36)34(26(37)30-21)18-8-5-9-18)32(16-6-7-17-12-13-17)27(38)33(24)15-4-2-11-20-29-23(39-31-20)19-10-1-3-14-28-19;26-17(27)10-6-14-32-20-19(30-24(37)34(23(20)36)15-7-5-8-15)22(35)33(25(32)38)13-4-2-11-18-29-21(39-31-18)16-9-1-3-12-28-16;/h2,4,10,15,18H,3,5-9,11-14,16-17H2,1H3,(H,31,38);1,3,10,14,17-18H,2,4-9,11-13,15-16H2,(H,30,37);1,3,9,12,15,17H,2,4-8,10-11,13-14H2,(H,30,37);1H4. The van der Waals surface area contributed by atoms with Crippen LogP contribution in [0.2, 0.25) is 0 Å². The normalized spacial score (nSPS) is 15.1. The Morgan fingerprint density at radius 3 is 1.03 bits per heavy atom. The van der Waals surface area contributed by atoms with Crippen LogP contribution in [0.3, 0.4) is 0 Å². The second-order valence-electron chi connectivity index (χ2n) is 31.5. The molecule has 5 aliphatic rings. The van der Waals surface area contributed by atoms with Crippen molar-refractivity contribution in [1.29, 1.82) is 0 Å². The Labute approximate surface area is 673 Å². The number of pyridine rings is 3. The van der Waals surface area contributed by atoms with E-state index in [1.54, 1.807) is 61.1 Å². The quantitative estimate of drug-likeness (QED) is 0.0327. The monoisotopic (exact) mass is 1640 g/mol. The maximum absolute atomic E-state index is 13.6. The minimum absolute atomic E-state index is 0. The smallest absolute Gasteiger partial charge is 0.331 e. The van der Waals surface area contributed by atoms with Crippen molar-refractivity contribution < 1.29 is 22.4 Å². The molecule has 12 aromatic heterocycles. The SMILES string of the molecule is C.CC1(CCCn2c(=O)n(CCCCc3noc(-c4ccccn4)n3)c(=O)c3[nH]c(=O)n(C4CCC4)c(=O)c32)CC1.O=c1c2[nH]c(=O)n(C3CCC3)c(=O)c2n(CCCC(F)F)c(=O)n1CCCCc1noc(-c2ccccn2)n1.O=c1c2[nH]c(=O)n(C3CCC3)c(=O)c2n(CCCC2CC2)c(=O)n1CCCCc1noc(-c2ccccn2)n1. The van der Waals surface area contributed by atoms with Gasteiger partial charge in [-0.25, -0.2) is 37.5 Å². The van der Waals surface area contributed by atoms with Crippen LogP contribution in [0.25, 0.3) is 67.9 Å². The molecular weight excluding hydrogens is 1550 g/mol. The molecule has 5 aliphatic carbocycles. The summed E-state index contributed by atoms with van der Waals surface area (Å²) in [4.78, 5) is 193. The van der Waals surface area contributed by atoms with Gasteiger partial charge in [-0.3, -0.25) is 84.8 Å². The average Bonchev–Trinajstić information content (AvgIpc) is 1.33. The average molecular weight is 1640 g/mol. The van der Waals surface area contributed by atoms with Crippen molar-refractivity contribution in [3.63, 3.8) is 0 Å². The van der Waals surface area contributed by atoms with Gasteiger partial charge in [-0.15, -0.1) is 0 Å². The van der Waals surface area contributed by atoms with Gasteiger partial charge in [-0.05, 0) is 189 Å². The molecule has 0 bridgehead atoms. The molecule has 0 atom stereocenters. The number of halogens is 2. The lowest BCUT2D eigenvalue weighted by atomic mass is 9.93. The molecule has 36 nitrogen and oxygen atoms in total. The molecule has 38 heteroatoms. The fourth-order valence-corrected chi connectivity index (χ4v) is 15.3. The van der Waals surface area contributed by atoms with Gasteiger partial charge in [0.2, 0.25) is 6.43 Å². The van der Waals surface area contributed by atoms with E-state index < -0.39 is 80.3 Å². The molecule has 0 aromatic carbocycles. The van der Waals surface area contributed by atoms with Gasteiger partial charge in [-0.2, -0.15) is 15.0 Å². The molecule has 0 aliphatic heterocycles. The van der Waals surface area contributed by atoms with E-state index in [1.807, 2.05) is 12.1 Å². The Bertz CT molecular complexity index is 6180. The molecule has 0 unspecified atom stereocenters. The lowest BCUT2D eigenvalue weighted by molar-refractivity contribution is 0.133. The summed E-state index contributed by atoms with van der Waals surface area (Å²) in [5, 5.41) is 11.9. The van der Waals surface area contributed by atoms with Crippen LogP contribution < -0.4 is 67.5 Å². The number of aromatic amines is 3. The molecule has 17 rings (SSSR count). The number of nitrogens with zero attached hydrogens (tertiary/aromatic N) is 18. The van der Waals surface area contributed by atoms with Gasteiger partial charge in [0.05, 0.1) is 0 Å². The van der Waals surface area contributed by atoms with Crippen molar-refractivity contribution in [3.05, 3.63) is 216 Å². The van der Waals surface area contributed by atoms with Crippen LogP contribution in [0.5, 0.6) is 0 Å². The van der Waals surface area contributed by atoms with Crippen molar-refractivity contribution >= 4 is 33.1 Å². The molecule has 628 valence electrons. The number of hydrogen-bond donors (Lipinski definition) is 3. The van der Waals surface area contributed by atoms with Crippen molar-refractivity contribution in [2.45, 2.75) is 258 Å². The largest absolute Gasteiger partial charge is 0.332 e. The molecule has 0 radical (unpaired) electrons. The molecule has 12 heterocycles. The van der Waals surface area contributed by atoms with Gasteiger partial charge in [0, 0.05) is 102 Å². The second-order valence-corrected chi connectivity index (χ2v) is 31.5. The summed E-state index contributed by atoms with van der Waals surface area (Å²) in [7, 11) is 0. The number of rotatable bonds is 33. The van der Waals surface area contributed by atoms with Gasteiger partial charge in [0.25, 0.3) is 51.0 Å². The molecule has 5 fully saturated rings. The Morgan fingerprint density at radius 2 is 0.739 bits per heavy atom. The summed E-state index contributed by atoms with van der Waals surface area (Å²) in [5.74, 6) is 3.08. The molecule has 12 aromatic rings. The van der Waals surface area contributed by atoms with Gasteiger partial charge in [0.15, 0.2) is 17.5 Å². The number of alkyl halides is 2.